The third-order valence-electron chi connectivity index (χ3n) is 2.84. The van der Waals surface area contributed by atoms with Crippen molar-refractivity contribution in [1.82, 2.24) is 14.9 Å². The molecule has 0 aliphatic carbocycles. The van der Waals surface area contributed by atoms with Crippen LogP contribution in [0.1, 0.15) is 25.2 Å². The van der Waals surface area contributed by atoms with Crippen LogP contribution in [0.4, 0.5) is 0 Å². The van der Waals surface area contributed by atoms with Gasteiger partial charge in [0.2, 0.25) is 0 Å². The highest BCUT2D eigenvalue weighted by molar-refractivity contribution is 6.31. The second-order valence-corrected chi connectivity index (χ2v) is 5.06. The second kappa shape index (κ2) is 5.55. The van der Waals surface area contributed by atoms with Crippen LogP contribution >= 0.6 is 11.6 Å². The SMILES string of the molecule is Cc1nccn1-c1ccc(CNC(C)C)c(Cl)c1. The minimum Gasteiger partial charge on any atom is -0.310 e. The average molecular weight is 264 g/mol. The van der Waals surface area contributed by atoms with Crippen LogP contribution in [0.2, 0.25) is 5.02 Å². The molecular formula is C14H18ClN3. The van der Waals surface area contributed by atoms with Gasteiger partial charge in [0, 0.05) is 35.7 Å². The maximum atomic E-state index is 6.31. The molecule has 0 bridgehead atoms. The van der Waals surface area contributed by atoms with Crippen molar-refractivity contribution in [3.8, 4) is 5.69 Å². The first-order valence-electron chi connectivity index (χ1n) is 6.10. The summed E-state index contributed by atoms with van der Waals surface area (Å²) in [6, 6.07) is 6.56. The molecule has 0 radical (unpaired) electrons. The summed E-state index contributed by atoms with van der Waals surface area (Å²) < 4.78 is 2.02. The molecule has 0 aliphatic heterocycles. The lowest BCUT2D eigenvalue weighted by molar-refractivity contribution is 0.589. The number of hydrogen-bond donors (Lipinski definition) is 1. The van der Waals surface area contributed by atoms with Crippen LogP contribution in [0.3, 0.4) is 0 Å². The molecule has 0 fully saturated rings. The van der Waals surface area contributed by atoms with E-state index in [0.29, 0.717) is 6.04 Å². The molecule has 0 saturated heterocycles. The van der Waals surface area contributed by atoms with Gasteiger partial charge < -0.3 is 9.88 Å². The van der Waals surface area contributed by atoms with Crippen molar-refractivity contribution < 1.29 is 0 Å². The van der Waals surface area contributed by atoms with E-state index in [1.54, 1.807) is 6.20 Å². The molecule has 0 amide bonds. The zero-order valence-electron chi connectivity index (χ0n) is 10.9. The van der Waals surface area contributed by atoms with Crippen LogP contribution in [-0.2, 0) is 6.54 Å². The molecule has 0 aliphatic rings. The molecule has 0 spiro atoms. The molecule has 1 aromatic heterocycles. The van der Waals surface area contributed by atoms with Gasteiger partial charge in [0.1, 0.15) is 5.82 Å². The lowest BCUT2D eigenvalue weighted by Gasteiger charge is -2.11. The van der Waals surface area contributed by atoms with E-state index in [4.69, 9.17) is 11.6 Å². The van der Waals surface area contributed by atoms with Crippen molar-refractivity contribution in [2.75, 3.05) is 0 Å². The van der Waals surface area contributed by atoms with E-state index in [1.165, 1.54) is 0 Å². The fraction of sp³-hybridized carbons (Fsp3) is 0.357. The van der Waals surface area contributed by atoms with Crippen molar-refractivity contribution in [3.63, 3.8) is 0 Å². The number of nitrogens with zero attached hydrogens (tertiary/aromatic N) is 2. The molecule has 0 unspecified atom stereocenters. The predicted molar refractivity (Wildman–Crippen MR) is 75.3 cm³/mol. The summed E-state index contributed by atoms with van der Waals surface area (Å²) in [5.74, 6) is 0.958. The highest BCUT2D eigenvalue weighted by atomic mass is 35.5. The summed E-state index contributed by atoms with van der Waals surface area (Å²) in [5, 5.41) is 4.15. The smallest absolute Gasteiger partial charge is 0.110 e. The Bertz CT molecular complexity index is 532. The summed E-state index contributed by atoms with van der Waals surface area (Å²) in [7, 11) is 0. The van der Waals surface area contributed by atoms with Crippen molar-refractivity contribution in [1.29, 1.82) is 0 Å². The standard InChI is InChI=1S/C14H18ClN3/c1-10(2)17-9-12-4-5-13(8-14(12)15)18-7-6-16-11(18)3/h4-8,10,17H,9H2,1-3H3. The molecule has 1 aromatic carbocycles. The summed E-state index contributed by atoms with van der Waals surface area (Å²) in [4.78, 5) is 4.21. The van der Waals surface area contributed by atoms with E-state index in [2.05, 4.69) is 36.3 Å². The number of hydrogen-bond acceptors (Lipinski definition) is 2. The van der Waals surface area contributed by atoms with Gasteiger partial charge in [-0.2, -0.15) is 0 Å². The Morgan fingerprint density at radius 2 is 2.17 bits per heavy atom. The predicted octanol–water partition coefficient (Wildman–Crippen LogP) is 3.33. The Kier molecular flexibility index (Phi) is 4.04. The van der Waals surface area contributed by atoms with E-state index in [9.17, 15) is 0 Å². The lowest BCUT2D eigenvalue weighted by atomic mass is 10.2. The third-order valence-corrected chi connectivity index (χ3v) is 3.19. The van der Waals surface area contributed by atoms with E-state index < -0.39 is 0 Å². The van der Waals surface area contributed by atoms with E-state index in [-0.39, 0.29) is 0 Å². The van der Waals surface area contributed by atoms with Crippen molar-refractivity contribution in [2.24, 2.45) is 0 Å². The van der Waals surface area contributed by atoms with Crippen LogP contribution in [0.25, 0.3) is 5.69 Å². The number of benzene rings is 1. The van der Waals surface area contributed by atoms with Crippen molar-refractivity contribution >= 4 is 11.6 Å². The van der Waals surface area contributed by atoms with E-state index in [1.807, 2.05) is 23.8 Å². The summed E-state index contributed by atoms with van der Waals surface area (Å²) in [6.45, 7) is 7.01. The van der Waals surface area contributed by atoms with Gasteiger partial charge >= 0.3 is 0 Å². The summed E-state index contributed by atoms with van der Waals surface area (Å²) >= 11 is 6.31. The number of nitrogens with one attached hydrogen (secondary N) is 1. The second-order valence-electron chi connectivity index (χ2n) is 4.66. The number of imidazole rings is 1. The Balaban J connectivity index is 2.22. The third kappa shape index (κ3) is 2.92. The van der Waals surface area contributed by atoms with Crippen LogP contribution in [0.5, 0.6) is 0 Å². The zero-order chi connectivity index (χ0) is 13.1. The van der Waals surface area contributed by atoms with Crippen LogP contribution in [0, 0.1) is 6.92 Å². The molecule has 0 atom stereocenters. The highest BCUT2D eigenvalue weighted by Gasteiger charge is 2.05. The average Bonchev–Trinajstić information content (AvgIpc) is 2.73. The molecular weight excluding hydrogens is 246 g/mol. The first kappa shape index (κ1) is 13.1. The fourth-order valence-corrected chi connectivity index (χ4v) is 2.04. The quantitative estimate of drug-likeness (QED) is 0.917. The van der Waals surface area contributed by atoms with Crippen molar-refractivity contribution in [2.45, 2.75) is 33.4 Å². The molecule has 4 heteroatoms. The monoisotopic (exact) mass is 263 g/mol. The lowest BCUT2D eigenvalue weighted by Crippen LogP contribution is -2.22. The Hall–Kier alpha value is -1.32. The van der Waals surface area contributed by atoms with Gasteiger partial charge in [-0.25, -0.2) is 4.98 Å². The van der Waals surface area contributed by atoms with Gasteiger partial charge in [-0.1, -0.05) is 31.5 Å². The minimum absolute atomic E-state index is 0.455. The van der Waals surface area contributed by atoms with Gasteiger partial charge in [-0.15, -0.1) is 0 Å². The largest absolute Gasteiger partial charge is 0.310 e. The minimum atomic E-state index is 0.455. The van der Waals surface area contributed by atoms with Gasteiger partial charge in [0.15, 0.2) is 0 Å². The van der Waals surface area contributed by atoms with Gasteiger partial charge in [-0.05, 0) is 24.6 Å². The number of rotatable bonds is 4. The van der Waals surface area contributed by atoms with Gasteiger partial charge in [-0.3, -0.25) is 0 Å². The normalized spacial score (nSPS) is 11.2. The zero-order valence-corrected chi connectivity index (χ0v) is 11.7. The first-order chi connectivity index (χ1) is 8.58. The van der Waals surface area contributed by atoms with Gasteiger partial charge in [0.05, 0.1) is 0 Å². The van der Waals surface area contributed by atoms with E-state index in [0.717, 1.165) is 28.6 Å². The molecule has 2 rings (SSSR count). The molecule has 1 N–H and O–H groups in total. The highest BCUT2D eigenvalue weighted by Crippen LogP contribution is 2.21. The number of aryl methyl sites for hydroxylation is 1. The Morgan fingerprint density at radius 3 is 2.72 bits per heavy atom. The topological polar surface area (TPSA) is 29.9 Å². The maximum Gasteiger partial charge on any atom is 0.110 e. The number of aromatic nitrogens is 2. The molecule has 0 saturated carbocycles. The Labute approximate surface area is 113 Å². The molecule has 18 heavy (non-hydrogen) atoms. The summed E-state index contributed by atoms with van der Waals surface area (Å²) in [5.41, 5.74) is 2.16. The van der Waals surface area contributed by atoms with Crippen LogP contribution in [0.15, 0.2) is 30.6 Å². The maximum absolute atomic E-state index is 6.31. The van der Waals surface area contributed by atoms with Crippen molar-refractivity contribution in [3.05, 3.63) is 47.0 Å². The van der Waals surface area contributed by atoms with Crippen LogP contribution in [-0.4, -0.2) is 15.6 Å². The van der Waals surface area contributed by atoms with Gasteiger partial charge in [0.25, 0.3) is 0 Å². The first-order valence-corrected chi connectivity index (χ1v) is 6.48. The molecule has 96 valence electrons. The fourth-order valence-electron chi connectivity index (χ4n) is 1.79. The van der Waals surface area contributed by atoms with E-state index >= 15 is 0 Å². The molecule has 3 nitrogen and oxygen atoms in total. The summed E-state index contributed by atoms with van der Waals surface area (Å²) in [6.07, 6.45) is 3.73. The molecule has 2 aromatic rings. The Morgan fingerprint density at radius 1 is 1.39 bits per heavy atom. The van der Waals surface area contributed by atoms with Crippen LogP contribution < -0.4 is 5.32 Å². The number of halogens is 1. The molecule has 1 heterocycles.